The van der Waals surface area contributed by atoms with Gasteiger partial charge < -0.3 is 0 Å². The monoisotopic (exact) mass is 449 g/mol. The lowest BCUT2D eigenvalue weighted by Crippen LogP contribution is -2.47. The Kier molecular flexibility index (Phi) is 6.45. The summed E-state index contributed by atoms with van der Waals surface area (Å²) >= 11 is 18.6. The number of benzene rings is 2. The van der Waals surface area contributed by atoms with Crippen LogP contribution in [0.2, 0.25) is 15.1 Å². The van der Waals surface area contributed by atoms with Crippen LogP contribution in [0.4, 0.5) is 0 Å². The maximum atomic E-state index is 12.9. The van der Waals surface area contributed by atoms with E-state index >= 15 is 0 Å². The zero-order valence-electron chi connectivity index (χ0n) is 15.9. The van der Waals surface area contributed by atoms with Gasteiger partial charge in [-0.05, 0) is 48.2 Å². The van der Waals surface area contributed by atoms with Gasteiger partial charge in [0.25, 0.3) is 5.91 Å². The zero-order chi connectivity index (χ0) is 20.4. The molecule has 1 unspecified atom stereocenters. The fourth-order valence-corrected chi connectivity index (χ4v) is 4.68. The second kappa shape index (κ2) is 9.05. The molecule has 0 saturated carbocycles. The minimum Gasteiger partial charge on any atom is -0.284 e. The SMILES string of the molecule is O=C(NN1CCCCC1)C1=NC(c2ccc(Cl)cc2Cl)[C@@H](c2ccc(Cl)cc2)C1. The van der Waals surface area contributed by atoms with Crippen LogP contribution in [0.1, 0.15) is 48.8 Å². The highest BCUT2D eigenvalue weighted by atomic mass is 35.5. The van der Waals surface area contributed by atoms with Crippen molar-refractivity contribution in [2.75, 3.05) is 13.1 Å². The molecule has 29 heavy (non-hydrogen) atoms. The van der Waals surface area contributed by atoms with Crippen LogP contribution < -0.4 is 5.43 Å². The smallest absolute Gasteiger partial charge is 0.279 e. The minimum absolute atomic E-state index is 0.00745. The van der Waals surface area contributed by atoms with Crippen molar-refractivity contribution in [3.63, 3.8) is 0 Å². The molecule has 0 aromatic heterocycles. The topological polar surface area (TPSA) is 44.7 Å². The third-order valence-electron chi connectivity index (χ3n) is 5.55. The third-order valence-corrected chi connectivity index (χ3v) is 6.36. The van der Waals surface area contributed by atoms with Gasteiger partial charge in [0.05, 0.1) is 6.04 Å². The highest BCUT2D eigenvalue weighted by molar-refractivity contribution is 6.39. The van der Waals surface area contributed by atoms with Crippen molar-refractivity contribution in [3.05, 3.63) is 68.7 Å². The fourth-order valence-electron chi connectivity index (χ4n) is 4.03. The Morgan fingerprint density at radius 3 is 2.34 bits per heavy atom. The Morgan fingerprint density at radius 2 is 1.66 bits per heavy atom. The molecule has 1 amide bonds. The third kappa shape index (κ3) is 4.77. The van der Waals surface area contributed by atoms with Crippen LogP contribution in [0.3, 0.4) is 0 Å². The van der Waals surface area contributed by atoms with Crippen LogP contribution in [0.25, 0.3) is 0 Å². The lowest BCUT2D eigenvalue weighted by Gasteiger charge is -2.26. The van der Waals surface area contributed by atoms with E-state index in [1.807, 2.05) is 41.4 Å². The van der Waals surface area contributed by atoms with E-state index in [4.69, 9.17) is 39.8 Å². The molecular weight excluding hydrogens is 429 g/mol. The van der Waals surface area contributed by atoms with E-state index in [9.17, 15) is 4.79 Å². The van der Waals surface area contributed by atoms with Gasteiger partial charge in [-0.2, -0.15) is 0 Å². The number of carbonyl (C=O) groups is 1. The number of halogens is 3. The summed E-state index contributed by atoms with van der Waals surface area (Å²) in [6.45, 7) is 1.76. The molecule has 0 bridgehead atoms. The molecular formula is C22H22Cl3N3O. The van der Waals surface area contributed by atoms with Crippen LogP contribution >= 0.6 is 34.8 Å². The summed E-state index contributed by atoms with van der Waals surface area (Å²) in [5, 5.41) is 3.81. The van der Waals surface area contributed by atoms with E-state index in [0.717, 1.165) is 37.1 Å². The Hall–Kier alpha value is -1.59. The number of carbonyl (C=O) groups excluding carboxylic acids is 1. The van der Waals surface area contributed by atoms with Crippen molar-refractivity contribution in [3.8, 4) is 0 Å². The molecule has 0 aliphatic carbocycles. The summed E-state index contributed by atoms with van der Waals surface area (Å²) in [6, 6.07) is 12.9. The van der Waals surface area contributed by atoms with E-state index in [1.165, 1.54) is 6.42 Å². The van der Waals surface area contributed by atoms with Crippen LogP contribution in [-0.4, -0.2) is 29.7 Å². The standard InChI is InChI=1S/C22H22Cl3N3O/c23-15-6-4-14(5-7-15)18-13-20(22(29)27-28-10-2-1-3-11-28)26-21(18)17-9-8-16(24)12-19(17)25/h4-9,12,18,21H,1-3,10-11,13H2,(H,27,29)/t18-,21?/m1/s1. The van der Waals surface area contributed by atoms with Gasteiger partial charge in [-0.1, -0.05) is 59.4 Å². The van der Waals surface area contributed by atoms with Gasteiger partial charge in [-0.15, -0.1) is 0 Å². The van der Waals surface area contributed by atoms with Gasteiger partial charge in [0.2, 0.25) is 0 Å². The van der Waals surface area contributed by atoms with Gasteiger partial charge in [0, 0.05) is 40.5 Å². The number of nitrogens with one attached hydrogen (secondary N) is 1. The Labute approximate surface area is 185 Å². The number of hydrogen-bond acceptors (Lipinski definition) is 3. The average Bonchev–Trinajstić information content (AvgIpc) is 3.14. The van der Waals surface area contributed by atoms with Crippen LogP contribution in [-0.2, 0) is 4.79 Å². The predicted octanol–water partition coefficient (Wildman–Crippen LogP) is 5.83. The summed E-state index contributed by atoms with van der Waals surface area (Å²) in [4.78, 5) is 17.7. The summed E-state index contributed by atoms with van der Waals surface area (Å²) in [7, 11) is 0. The minimum atomic E-state index is -0.247. The number of amides is 1. The Balaban J connectivity index is 1.62. The molecule has 2 aliphatic heterocycles. The molecule has 7 heteroatoms. The molecule has 4 rings (SSSR count). The van der Waals surface area contributed by atoms with Crippen molar-refractivity contribution in [2.45, 2.75) is 37.6 Å². The van der Waals surface area contributed by atoms with Crippen molar-refractivity contribution in [1.29, 1.82) is 0 Å². The predicted molar refractivity (Wildman–Crippen MR) is 119 cm³/mol. The quantitative estimate of drug-likeness (QED) is 0.636. The van der Waals surface area contributed by atoms with Gasteiger partial charge in [0.1, 0.15) is 5.71 Å². The maximum absolute atomic E-state index is 12.9. The number of hydrogen-bond donors (Lipinski definition) is 1. The van der Waals surface area contributed by atoms with Gasteiger partial charge in [-0.25, -0.2) is 5.01 Å². The van der Waals surface area contributed by atoms with Crippen molar-refractivity contribution in [1.82, 2.24) is 10.4 Å². The number of aliphatic imine (C=N–C) groups is 1. The fraction of sp³-hybridized carbons (Fsp3) is 0.364. The van der Waals surface area contributed by atoms with E-state index in [1.54, 1.807) is 6.07 Å². The van der Waals surface area contributed by atoms with E-state index in [-0.39, 0.29) is 17.9 Å². The molecule has 2 aromatic carbocycles. The second-order valence-corrected chi connectivity index (χ2v) is 8.82. The molecule has 0 spiro atoms. The summed E-state index contributed by atoms with van der Waals surface area (Å²) in [6.07, 6.45) is 3.96. The maximum Gasteiger partial charge on any atom is 0.279 e. The number of piperidine rings is 1. The van der Waals surface area contributed by atoms with Gasteiger partial charge in [-0.3, -0.25) is 15.2 Å². The lowest BCUT2D eigenvalue weighted by molar-refractivity contribution is -0.119. The molecule has 2 atom stereocenters. The molecule has 2 aromatic rings. The highest BCUT2D eigenvalue weighted by Gasteiger charge is 2.36. The lowest BCUT2D eigenvalue weighted by atomic mass is 9.86. The molecule has 4 nitrogen and oxygen atoms in total. The van der Waals surface area contributed by atoms with Crippen LogP contribution in [0.5, 0.6) is 0 Å². The molecule has 152 valence electrons. The molecule has 1 N–H and O–H groups in total. The summed E-state index contributed by atoms with van der Waals surface area (Å²) in [5.41, 5.74) is 5.52. The van der Waals surface area contributed by atoms with Crippen LogP contribution in [0, 0.1) is 0 Å². The first kappa shape index (κ1) is 20.7. The summed E-state index contributed by atoms with van der Waals surface area (Å²) in [5.74, 6) is -0.119. The van der Waals surface area contributed by atoms with Crippen LogP contribution in [0.15, 0.2) is 47.5 Å². The zero-order valence-corrected chi connectivity index (χ0v) is 18.1. The Bertz CT molecular complexity index is 923. The second-order valence-electron chi connectivity index (χ2n) is 7.54. The largest absolute Gasteiger partial charge is 0.284 e. The van der Waals surface area contributed by atoms with Crippen molar-refractivity contribution >= 4 is 46.4 Å². The van der Waals surface area contributed by atoms with E-state index in [2.05, 4.69) is 5.43 Å². The molecule has 1 saturated heterocycles. The molecule has 0 radical (unpaired) electrons. The van der Waals surface area contributed by atoms with E-state index < -0.39 is 0 Å². The molecule has 2 heterocycles. The van der Waals surface area contributed by atoms with Crippen molar-refractivity contribution < 1.29 is 4.79 Å². The normalized spacial score (nSPS) is 22.4. The first-order valence-corrected chi connectivity index (χ1v) is 11.0. The van der Waals surface area contributed by atoms with Gasteiger partial charge >= 0.3 is 0 Å². The summed E-state index contributed by atoms with van der Waals surface area (Å²) < 4.78 is 0. The van der Waals surface area contributed by atoms with Crippen molar-refractivity contribution in [2.24, 2.45) is 4.99 Å². The number of rotatable bonds is 4. The van der Waals surface area contributed by atoms with Gasteiger partial charge in [0.15, 0.2) is 0 Å². The molecule has 2 aliphatic rings. The number of hydrazine groups is 1. The Morgan fingerprint density at radius 1 is 0.966 bits per heavy atom. The average molecular weight is 451 g/mol. The number of nitrogens with zero attached hydrogens (tertiary/aromatic N) is 2. The van der Waals surface area contributed by atoms with E-state index in [0.29, 0.717) is 27.2 Å². The molecule has 1 fully saturated rings. The first-order chi connectivity index (χ1) is 14.0. The first-order valence-electron chi connectivity index (χ1n) is 9.84. The highest BCUT2D eigenvalue weighted by Crippen LogP contribution is 2.44.